The molecule has 1 aromatic carbocycles. The van der Waals surface area contributed by atoms with Gasteiger partial charge in [-0.2, -0.15) is 4.98 Å². The third kappa shape index (κ3) is 3.37. The molecule has 1 heterocycles. The van der Waals surface area contributed by atoms with E-state index < -0.39 is 17.3 Å². The van der Waals surface area contributed by atoms with Crippen LogP contribution in [0.3, 0.4) is 0 Å². The summed E-state index contributed by atoms with van der Waals surface area (Å²) in [5.74, 6) is -1.84. The van der Waals surface area contributed by atoms with Crippen LogP contribution in [0.2, 0.25) is 5.02 Å². The van der Waals surface area contributed by atoms with Crippen molar-refractivity contribution in [1.29, 1.82) is 0 Å². The fourth-order valence-corrected chi connectivity index (χ4v) is 2.33. The minimum atomic E-state index is -1.03. The Morgan fingerprint density at radius 3 is 2.85 bits per heavy atom. The van der Waals surface area contributed by atoms with Crippen LogP contribution in [0, 0.1) is 5.82 Å². The smallest absolute Gasteiger partial charge is 0.313 e. The van der Waals surface area contributed by atoms with Crippen molar-refractivity contribution in [2.75, 3.05) is 5.75 Å². The predicted octanol–water partition coefficient (Wildman–Crippen LogP) is 2.20. The van der Waals surface area contributed by atoms with E-state index in [0.717, 1.165) is 11.8 Å². The van der Waals surface area contributed by atoms with E-state index in [-0.39, 0.29) is 15.9 Å². The van der Waals surface area contributed by atoms with Crippen molar-refractivity contribution in [3.63, 3.8) is 0 Å². The quantitative estimate of drug-likeness (QED) is 0.692. The van der Waals surface area contributed by atoms with E-state index in [1.165, 1.54) is 35.0 Å². The highest BCUT2D eigenvalue weighted by atomic mass is 35.5. The van der Waals surface area contributed by atoms with Crippen molar-refractivity contribution < 1.29 is 14.3 Å². The highest BCUT2D eigenvalue weighted by Crippen LogP contribution is 2.22. The Morgan fingerprint density at radius 2 is 2.20 bits per heavy atom. The molecule has 104 valence electrons. The molecule has 5 nitrogen and oxygen atoms in total. The van der Waals surface area contributed by atoms with E-state index in [4.69, 9.17) is 16.7 Å². The largest absolute Gasteiger partial charge is 0.481 e. The van der Waals surface area contributed by atoms with Crippen molar-refractivity contribution in [3.05, 3.63) is 51.7 Å². The van der Waals surface area contributed by atoms with Crippen molar-refractivity contribution >= 4 is 29.3 Å². The van der Waals surface area contributed by atoms with Crippen molar-refractivity contribution in [1.82, 2.24) is 9.55 Å². The van der Waals surface area contributed by atoms with Gasteiger partial charge in [0, 0.05) is 18.0 Å². The van der Waals surface area contributed by atoms with E-state index in [0.29, 0.717) is 5.69 Å². The Balaban J connectivity index is 2.46. The summed E-state index contributed by atoms with van der Waals surface area (Å²) in [6.07, 6.45) is 1.43. The van der Waals surface area contributed by atoms with Gasteiger partial charge in [0.15, 0.2) is 5.16 Å². The average molecular weight is 315 g/mol. The van der Waals surface area contributed by atoms with Crippen LogP contribution in [-0.2, 0) is 4.79 Å². The average Bonchev–Trinajstić information content (AvgIpc) is 2.40. The second-order valence-corrected chi connectivity index (χ2v) is 5.05. The molecule has 0 aliphatic heterocycles. The molecule has 20 heavy (non-hydrogen) atoms. The first-order valence-corrected chi connectivity index (χ1v) is 6.73. The second-order valence-electron chi connectivity index (χ2n) is 3.70. The Morgan fingerprint density at radius 1 is 1.45 bits per heavy atom. The highest BCUT2D eigenvalue weighted by molar-refractivity contribution is 7.99. The number of nitrogens with zero attached hydrogens (tertiary/aromatic N) is 2. The Hall–Kier alpha value is -1.86. The van der Waals surface area contributed by atoms with Gasteiger partial charge >= 0.3 is 5.97 Å². The number of carbonyl (C=O) groups is 1. The number of carboxylic acid groups (broad SMARTS) is 1. The lowest BCUT2D eigenvalue weighted by Crippen LogP contribution is -2.13. The molecule has 0 saturated carbocycles. The van der Waals surface area contributed by atoms with E-state index in [1.54, 1.807) is 0 Å². The van der Waals surface area contributed by atoms with Crippen LogP contribution in [0.15, 0.2) is 40.4 Å². The second kappa shape index (κ2) is 6.06. The molecule has 0 bridgehead atoms. The first-order valence-electron chi connectivity index (χ1n) is 5.37. The Labute approximate surface area is 122 Å². The third-order valence-corrected chi connectivity index (χ3v) is 3.51. The molecule has 0 aliphatic carbocycles. The molecule has 2 rings (SSSR count). The van der Waals surface area contributed by atoms with Gasteiger partial charge in [-0.15, -0.1) is 0 Å². The monoisotopic (exact) mass is 314 g/mol. The van der Waals surface area contributed by atoms with Crippen LogP contribution >= 0.6 is 23.4 Å². The normalized spacial score (nSPS) is 10.5. The van der Waals surface area contributed by atoms with Crippen molar-refractivity contribution in [2.45, 2.75) is 5.16 Å². The number of hydrogen-bond donors (Lipinski definition) is 1. The topological polar surface area (TPSA) is 72.2 Å². The van der Waals surface area contributed by atoms with Gasteiger partial charge < -0.3 is 5.11 Å². The van der Waals surface area contributed by atoms with Crippen LogP contribution < -0.4 is 5.56 Å². The number of aromatic nitrogens is 2. The Bertz CT molecular complexity index is 720. The SMILES string of the molecule is O=C(O)CSc1nc(=O)ccn1-c1ccc(F)c(Cl)c1. The lowest BCUT2D eigenvalue weighted by molar-refractivity contribution is -0.133. The number of rotatable bonds is 4. The summed E-state index contributed by atoms with van der Waals surface area (Å²) in [5.41, 5.74) is -0.000800. The van der Waals surface area contributed by atoms with Gasteiger partial charge in [-0.25, -0.2) is 4.39 Å². The Kier molecular flexibility index (Phi) is 4.41. The zero-order valence-electron chi connectivity index (χ0n) is 9.92. The first kappa shape index (κ1) is 14.5. The van der Waals surface area contributed by atoms with Gasteiger partial charge in [-0.3, -0.25) is 14.2 Å². The lowest BCUT2D eigenvalue weighted by atomic mass is 10.3. The fourth-order valence-electron chi connectivity index (χ4n) is 1.45. The molecule has 0 atom stereocenters. The van der Waals surface area contributed by atoms with Crippen LogP contribution in [0.1, 0.15) is 0 Å². The van der Waals surface area contributed by atoms with Crippen molar-refractivity contribution in [3.8, 4) is 5.69 Å². The molecule has 1 N–H and O–H groups in total. The molecule has 1 aromatic heterocycles. The summed E-state index contributed by atoms with van der Waals surface area (Å²) in [6, 6.07) is 5.23. The molecular weight excluding hydrogens is 307 g/mol. The maximum absolute atomic E-state index is 13.1. The standard InChI is InChI=1S/C12H8ClFN2O3S/c13-8-5-7(1-2-9(8)14)16-4-3-10(17)15-12(16)20-6-11(18)19/h1-5H,6H2,(H,18,19). The number of halogens is 2. The van der Waals surface area contributed by atoms with Gasteiger partial charge in [-0.05, 0) is 18.2 Å². The fraction of sp³-hybridized carbons (Fsp3) is 0.0833. The van der Waals surface area contributed by atoms with E-state index in [2.05, 4.69) is 4.98 Å². The predicted molar refractivity (Wildman–Crippen MR) is 73.2 cm³/mol. The lowest BCUT2D eigenvalue weighted by Gasteiger charge is -2.11. The van der Waals surface area contributed by atoms with Gasteiger partial charge in [0.05, 0.1) is 10.8 Å². The number of benzene rings is 1. The summed E-state index contributed by atoms with van der Waals surface area (Å²) in [4.78, 5) is 25.6. The molecule has 0 saturated heterocycles. The number of aliphatic carboxylic acids is 1. The van der Waals surface area contributed by atoms with Crippen LogP contribution in [0.25, 0.3) is 5.69 Å². The zero-order valence-corrected chi connectivity index (χ0v) is 11.5. The number of hydrogen-bond acceptors (Lipinski definition) is 4. The summed E-state index contributed by atoms with van der Waals surface area (Å²) in [6.45, 7) is 0. The molecular formula is C12H8ClFN2O3S. The minimum Gasteiger partial charge on any atom is -0.481 e. The molecule has 0 aliphatic rings. The molecule has 2 aromatic rings. The third-order valence-electron chi connectivity index (χ3n) is 2.28. The maximum Gasteiger partial charge on any atom is 0.313 e. The molecule has 8 heteroatoms. The van der Waals surface area contributed by atoms with E-state index in [1.807, 2.05) is 0 Å². The molecule has 0 spiro atoms. The molecule has 0 fully saturated rings. The van der Waals surface area contributed by atoms with Crippen LogP contribution in [0.5, 0.6) is 0 Å². The van der Waals surface area contributed by atoms with Crippen LogP contribution in [0.4, 0.5) is 4.39 Å². The summed E-state index contributed by atoms with van der Waals surface area (Å²) in [5, 5.41) is 8.80. The molecule has 0 radical (unpaired) electrons. The van der Waals surface area contributed by atoms with Gasteiger partial charge in [0.2, 0.25) is 0 Å². The number of thioether (sulfide) groups is 1. The molecule has 0 amide bonds. The highest BCUT2D eigenvalue weighted by Gasteiger charge is 2.10. The maximum atomic E-state index is 13.1. The van der Waals surface area contributed by atoms with Gasteiger partial charge in [0.25, 0.3) is 5.56 Å². The zero-order chi connectivity index (χ0) is 14.7. The molecule has 0 unspecified atom stereocenters. The van der Waals surface area contributed by atoms with Gasteiger partial charge in [0.1, 0.15) is 5.82 Å². The number of carboxylic acids is 1. The summed E-state index contributed by atoms with van der Waals surface area (Å²) in [7, 11) is 0. The van der Waals surface area contributed by atoms with E-state index >= 15 is 0 Å². The van der Waals surface area contributed by atoms with E-state index in [9.17, 15) is 14.0 Å². The first-order chi connectivity index (χ1) is 9.47. The van der Waals surface area contributed by atoms with Gasteiger partial charge in [-0.1, -0.05) is 23.4 Å². The minimum absolute atomic E-state index is 0.0737. The van der Waals surface area contributed by atoms with Crippen molar-refractivity contribution in [2.24, 2.45) is 0 Å². The summed E-state index contributed by atoms with van der Waals surface area (Å²) < 4.78 is 14.6. The summed E-state index contributed by atoms with van der Waals surface area (Å²) >= 11 is 6.59. The van der Waals surface area contributed by atoms with Crippen LogP contribution in [-0.4, -0.2) is 26.4 Å².